The van der Waals surface area contributed by atoms with Crippen LogP contribution >= 0.6 is 47.0 Å². The van der Waals surface area contributed by atoms with E-state index in [4.69, 9.17) is 0 Å². The fourth-order valence-electron chi connectivity index (χ4n) is 10.3. The Morgan fingerprint density at radius 1 is 0.482 bits per heavy atom. The molecule has 0 radical (unpaired) electrons. The van der Waals surface area contributed by atoms with Crippen LogP contribution in [-0.4, -0.2) is 53.8 Å². The molecule has 7 rings (SSSR count). The second-order valence-corrected chi connectivity index (χ2v) is 20.1. The lowest BCUT2D eigenvalue weighted by Gasteiger charge is -2.27. The van der Waals surface area contributed by atoms with Crippen LogP contribution in [0.15, 0.2) is 44.6 Å². The van der Waals surface area contributed by atoms with Crippen molar-refractivity contribution in [2.45, 2.75) is 79.5 Å². The number of alkyl halides is 4. The molecule has 13 atom stereocenters. The molecule has 4 aliphatic heterocycles. The summed E-state index contributed by atoms with van der Waals surface area (Å²) < 4.78 is 63.6. The van der Waals surface area contributed by atoms with Crippen molar-refractivity contribution in [3.05, 3.63) is 44.6 Å². The average Bonchev–Trinajstić information content (AvgIpc) is 4.04. The van der Waals surface area contributed by atoms with Crippen LogP contribution in [0.4, 0.5) is 17.6 Å². The summed E-state index contributed by atoms with van der Waals surface area (Å²) >= 11 is 5.70. The first-order chi connectivity index (χ1) is 26.8. The van der Waals surface area contributed by atoms with Crippen molar-refractivity contribution < 1.29 is 17.6 Å². The number of nitrogens with zero attached hydrogens (tertiary/aromatic N) is 10. The molecule has 3 aliphatic carbocycles. The highest BCUT2D eigenvalue weighted by Gasteiger charge is 2.68. The van der Waals surface area contributed by atoms with Crippen LogP contribution in [0.25, 0.3) is 0 Å². The molecule has 0 amide bonds. The molecule has 276 valence electrons. The van der Waals surface area contributed by atoms with Gasteiger partial charge in [0.25, 0.3) is 11.8 Å². The first kappa shape index (κ1) is 39.2. The molecule has 13 unspecified atom stereocenters. The number of rotatable bonds is 3. The van der Waals surface area contributed by atoms with Gasteiger partial charge in [0.15, 0.2) is 0 Å². The lowest BCUT2D eigenvalue weighted by atomic mass is 9.85. The van der Waals surface area contributed by atoms with Crippen LogP contribution in [-0.2, 0) is 0 Å². The van der Waals surface area contributed by atoms with E-state index < -0.39 is 79.5 Å². The zero-order valence-corrected chi connectivity index (χ0v) is 31.8. The molecule has 0 spiro atoms. The minimum atomic E-state index is -3.83. The van der Waals surface area contributed by atoms with Crippen LogP contribution in [0.1, 0.15) is 25.7 Å². The Kier molecular flexibility index (Phi) is 10.1. The zero-order valence-electron chi connectivity index (χ0n) is 28.5. The van der Waals surface area contributed by atoms with E-state index >= 15 is 17.6 Å². The molecular weight excluding hydrogens is 801 g/mol. The molecule has 7 aliphatic rings. The number of hydrogen-bond donors (Lipinski definition) is 0. The van der Waals surface area contributed by atoms with Gasteiger partial charge in [0.05, 0.1) is 18.1 Å². The molecule has 10 nitrogen and oxygen atoms in total. The summed E-state index contributed by atoms with van der Waals surface area (Å²) in [4.78, 5) is 0. The van der Waals surface area contributed by atoms with Crippen molar-refractivity contribution >= 4 is 47.0 Å². The molecule has 0 aromatic heterocycles. The summed E-state index contributed by atoms with van der Waals surface area (Å²) in [6.45, 7) is 0. The Labute approximate surface area is 336 Å². The summed E-state index contributed by atoms with van der Waals surface area (Å²) in [6.07, 6.45) is 1.35. The van der Waals surface area contributed by atoms with Crippen molar-refractivity contribution in [3.8, 4) is 60.7 Å². The number of nitriles is 10. The second kappa shape index (κ2) is 14.5. The minimum absolute atomic E-state index is 0.0131. The van der Waals surface area contributed by atoms with E-state index in [1.54, 1.807) is 72.1 Å². The van der Waals surface area contributed by atoms with E-state index in [9.17, 15) is 52.6 Å². The maximum atomic E-state index is 15.9. The van der Waals surface area contributed by atoms with Crippen molar-refractivity contribution in [1.82, 2.24) is 0 Å². The lowest BCUT2D eigenvalue weighted by Crippen LogP contribution is -2.35. The van der Waals surface area contributed by atoms with E-state index in [-0.39, 0.29) is 61.8 Å². The largest absolute Gasteiger partial charge is 0.296 e. The molecular formula is C38H22F4N10S4. The summed E-state index contributed by atoms with van der Waals surface area (Å²) in [5, 5.41) is 94.1. The first-order valence-corrected chi connectivity index (χ1v) is 21.0. The summed E-state index contributed by atoms with van der Waals surface area (Å²) in [7, 11) is 0. The van der Waals surface area contributed by atoms with Crippen molar-refractivity contribution in [2.24, 2.45) is 35.5 Å². The van der Waals surface area contributed by atoms with Crippen molar-refractivity contribution in [1.29, 1.82) is 52.6 Å². The van der Waals surface area contributed by atoms with Crippen LogP contribution in [0.5, 0.6) is 0 Å². The van der Waals surface area contributed by atoms with Crippen molar-refractivity contribution in [2.75, 3.05) is 0 Å². The fraction of sp³-hybridized carbons (Fsp3) is 0.526. The third kappa shape index (κ3) is 5.52. The van der Waals surface area contributed by atoms with Crippen LogP contribution in [0.2, 0.25) is 0 Å². The van der Waals surface area contributed by atoms with Gasteiger partial charge in [0.1, 0.15) is 76.8 Å². The molecule has 0 aromatic rings. The molecule has 18 heteroatoms. The third-order valence-electron chi connectivity index (χ3n) is 12.2. The molecule has 56 heavy (non-hydrogen) atoms. The van der Waals surface area contributed by atoms with E-state index in [2.05, 4.69) is 12.1 Å². The standard InChI is InChI=1S/C38H22F4N10S4/c39-37(40)29(16(7-45)8-46)22-3-26(53-33(22)31(37)18(11-49)12-50)24-1-20-28(15(5-43)6-44)21-2-25(56-36(21)35(20)55-24)27-4-23-30(17(9-47)10-48)38(41,42)32(34(23)54-27)19(13-51)14-52/h18,20-27,31,33-36H,1-4H2. The normalized spacial score (nSPS) is 37.4. The van der Waals surface area contributed by atoms with Gasteiger partial charge in [0, 0.05) is 70.6 Å². The average molecular weight is 823 g/mol. The van der Waals surface area contributed by atoms with Crippen molar-refractivity contribution in [3.63, 3.8) is 0 Å². The van der Waals surface area contributed by atoms with Gasteiger partial charge in [0.2, 0.25) is 0 Å². The van der Waals surface area contributed by atoms with Gasteiger partial charge in [-0.1, -0.05) is 0 Å². The number of allylic oxidation sites excluding steroid dienone is 7. The summed E-state index contributed by atoms with van der Waals surface area (Å²) in [5.74, 6) is -13.2. The Morgan fingerprint density at radius 2 is 0.875 bits per heavy atom. The quantitative estimate of drug-likeness (QED) is 0.208. The predicted octanol–water partition coefficient (Wildman–Crippen LogP) is 6.91. The summed E-state index contributed by atoms with van der Waals surface area (Å²) in [6, 6.07) is 16.9. The van der Waals surface area contributed by atoms with E-state index in [0.29, 0.717) is 18.4 Å². The van der Waals surface area contributed by atoms with Crippen LogP contribution < -0.4 is 0 Å². The Morgan fingerprint density at radius 3 is 1.34 bits per heavy atom. The Bertz CT molecular complexity index is 2250. The van der Waals surface area contributed by atoms with Gasteiger partial charge in [-0.3, -0.25) is 0 Å². The van der Waals surface area contributed by atoms with E-state index in [1.807, 2.05) is 0 Å². The summed E-state index contributed by atoms with van der Waals surface area (Å²) in [5.41, 5.74) is -3.54. The van der Waals surface area contributed by atoms with Gasteiger partial charge in [-0.15, -0.1) is 11.8 Å². The lowest BCUT2D eigenvalue weighted by molar-refractivity contribution is -0.00883. The molecule has 0 bridgehead atoms. The van der Waals surface area contributed by atoms with Gasteiger partial charge in [-0.25, -0.2) is 8.78 Å². The number of hydrogen-bond acceptors (Lipinski definition) is 14. The van der Waals surface area contributed by atoms with Crippen LogP contribution in [0, 0.1) is 149 Å². The molecule has 0 N–H and O–H groups in total. The fourth-order valence-corrected chi connectivity index (χ4v) is 18.8. The minimum Gasteiger partial charge on any atom is -0.201 e. The molecule has 0 aromatic carbocycles. The number of halogens is 4. The predicted molar refractivity (Wildman–Crippen MR) is 194 cm³/mol. The highest BCUT2D eigenvalue weighted by atomic mass is 32.2. The van der Waals surface area contributed by atoms with Gasteiger partial charge in [-0.05, 0) is 43.1 Å². The maximum Gasteiger partial charge on any atom is 0.296 e. The molecule has 4 saturated heterocycles. The topological polar surface area (TPSA) is 238 Å². The van der Waals surface area contributed by atoms with Gasteiger partial charge < -0.3 is 0 Å². The monoisotopic (exact) mass is 822 g/mol. The Balaban J connectivity index is 1.18. The number of fused-ring (bicyclic) bond motifs is 5. The van der Waals surface area contributed by atoms with Crippen LogP contribution in [0.3, 0.4) is 0 Å². The first-order valence-electron chi connectivity index (χ1n) is 17.2. The highest BCUT2D eigenvalue weighted by molar-refractivity contribution is 8.07. The third-order valence-corrected chi connectivity index (χ3v) is 19.9. The number of thioether (sulfide) groups is 4. The molecule has 7 fully saturated rings. The van der Waals surface area contributed by atoms with E-state index in [0.717, 1.165) is 0 Å². The smallest absolute Gasteiger partial charge is 0.201 e. The van der Waals surface area contributed by atoms with Gasteiger partial charge in [-0.2, -0.15) is 96.7 Å². The van der Waals surface area contributed by atoms with Gasteiger partial charge >= 0.3 is 0 Å². The SMILES string of the molecule is N#CC(C#N)=C1C2CC(C3CC4C(=C(C#N)C#N)C(F)(F)C(=C(C#N)C#N)C4S3)SC2C2SC(C3CC4C(=C(C#N)C#N)C(F)(F)C(C(C#N)C#N)C4S3)CC12. The Hall–Kier alpha value is -5.02. The zero-order chi connectivity index (χ0) is 40.4. The van der Waals surface area contributed by atoms with E-state index in [1.165, 1.54) is 23.5 Å². The maximum absolute atomic E-state index is 15.9. The highest BCUT2D eigenvalue weighted by Crippen LogP contribution is 2.70. The molecule has 4 heterocycles. The molecule has 3 saturated carbocycles. The second-order valence-electron chi connectivity index (χ2n) is 14.4.